The lowest BCUT2D eigenvalue weighted by Gasteiger charge is -2.44. The molecular weight excluding hydrogens is 439 g/mol. The normalized spacial score (nSPS) is 18.1. The molecule has 0 bridgehead atoms. The van der Waals surface area contributed by atoms with Crippen molar-refractivity contribution in [2.45, 2.75) is 30.8 Å². The standard InChI is InChI=1S/C23H24F3N3O2S/c1-16-3-2-4-17(15-16)20(30)29-13-14-32-22(29)9-11-28(12-10-22)21(31)27-19-7-5-18(6-8-19)23(24,25)26/h2-8,15H,9-14H2,1H3,(H,27,31). The summed E-state index contributed by atoms with van der Waals surface area (Å²) in [6.07, 6.45) is -3.12. The number of piperidine rings is 1. The van der Waals surface area contributed by atoms with Gasteiger partial charge in [0.05, 0.1) is 10.4 Å². The van der Waals surface area contributed by atoms with Crippen LogP contribution in [0.25, 0.3) is 0 Å². The van der Waals surface area contributed by atoms with Gasteiger partial charge in [0, 0.05) is 36.6 Å². The molecule has 170 valence electrons. The molecule has 32 heavy (non-hydrogen) atoms. The molecular formula is C23H24F3N3O2S. The van der Waals surface area contributed by atoms with Gasteiger partial charge in [0.1, 0.15) is 0 Å². The van der Waals surface area contributed by atoms with Crippen LogP contribution in [0.3, 0.4) is 0 Å². The maximum Gasteiger partial charge on any atom is 0.416 e. The second-order valence-corrected chi connectivity index (χ2v) is 9.57. The number of hydrogen-bond acceptors (Lipinski definition) is 3. The van der Waals surface area contributed by atoms with E-state index in [1.807, 2.05) is 36.1 Å². The molecule has 0 radical (unpaired) electrons. The lowest BCUT2D eigenvalue weighted by molar-refractivity contribution is -0.137. The van der Waals surface area contributed by atoms with Crippen LogP contribution in [0.4, 0.5) is 23.7 Å². The summed E-state index contributed by atoms with van der Waals surface area (Å²) in [6, 6.07) is 11.6. The molecule has 0 aromatic heterocycles. The van der Waals surface area contributed by atoms with E-state index in [9.17, 15) is 22.8 Å². The fourth-order valence-corrected chi connectivity index (χ4v) is 5.70. The minimum Gasteiger partial charge on any atom is -0.324 e. The van der Waals surface area contributed by atoms with E-state index in [2.05, 4.69) is 5.32 Å². The first kappa shape index (κ1) is 22.5. The summed E-state index contributed by atoms with van der Waals surface area (Å²) in [5, 5.41) is 2.67. The third-order valence-electron chi connectivity index (χ3n) is 5.98. The molecule has 2 aliphatic heterocycles. The Hall–Kier alpha value is -2.68. The largest absolute Gasteiger partial charge is 0.416 e. The van der Waals surface area contributed by atoms with E-state index in [0.717, 1.165) is 23.4 Å². The van der Waals surface area contributed by atoms with Crippen molar-refractivity contribution in [3.05, 3.63) is 65.2 Å². The molecule has 0 atom stereocenters. The number of alkyl halides is 3. The molecule has 0 aliphatic carbocycles. The quantitative estimate of drug-likeness (QED) is 0.664. The molecule has 4 rings (SSSR count). The van der Waals surface area contributed by atoms with E-state index in [0.29, 0.717) is 43.7 Å². The topological polar surface area (TPSA) is 52.7 Å². The van der Waals surface area contributed by atoms with E-state index >= 15 is 0 Å². The molecule has 5 nitrogen and oxygen atoms in total. The first-order chi connectivity index (χ1) is 15.2. The Labute approximate surface area is 189 Å². The predicted octanol–water partition coefficient (Wildman–Crippen LogP) is 5.23. The molecule has 2 saturated heterocycles. The van der Waals surface area contributed by atoms with Crippen LogP contribution in [-0.2, 0) is 6.18 Å². The van der Waals surface area contributed by atoms with Crippen molar-refractivity contribution in [1.82, 2.24) is 9.80 Å². The van der Waals surface area contributed by atoms with Crippen LogP contribution in [0.5, 0.6) is 0 Å². The Kier molecular flexibility index (Phi) is 6.11. The van der Waals surface area contributed by atoms with Gasteiger partial charge in [-0.1, -0.05) is 17.7 Å². The average molecular weight is 464 g/mol. The number of aryl methyl sites for hydroxylation is 1. The van der Waals surface area contributed by atoms with Crippen molar-refractivity contribution in [3.8, 4) is 0 Å². The predicted molar refractivity (Wildman–Crippen MR) is 119 cm³/mol. The summed E-state index contributed by atoms with van der Waals surface area (Å²) in [7, 11) is 0. The van der Waals surface area contributed by atoms with Gasteiger partial charge in [-0.3, -0.25) is 4.79 Å². The molecule has 1 N–H and O–H groups in total. The highest BCUT2D eigenvalue weighted by Crippen LogP contribution is 2.44. The zero-order chi connectivity index (χ0) is 22.9. The van der Waals surface area contributed by atoms with Crippen LogP contribution in [-0.4, -0.2) is 52.0 Å². The number of nitrogens with one attached hydrogen (secondary N) is 1. The number of carbonyl (C=O) groups is 2. The number of halogens is 3. The zero-order valence-corrected chi connectivity index (χ0v) is 18.4. The number of likely N-dealkylation sites (tertiary alicyclic amines) is 1. The fraction of sp³-hybridized carbons (Fsp3) is 0.391. The van der Waals surface area contributed by atoms with E-state index in [1.165, 1.54) is 12.1 Å². The monoisotopic (exact) mass is 463 g/mol. The number of urea groups is 1. The summed E-state index contributed by atoms with van der Waals surface area (Å²) in [4.78, 5) is 29.1. The summed E-state index contributed by atoms with van der Waals surface area (Å²) < 4.78 is 38.1. The van der Waals surface area contributed by atoms with Crippen molar-refractivity contribution < 1.29 is 22.8 Å². The molecule has 9 heteroatoms. The third-order valence-corrected chi connectivity index (χ3v) is 7.54. The van der Waals surface area contributed by atoms with Crippen LogP contribution in [0.15, 0.2) is 48.5 Å². The number of thioether (sulfide) groups is 1. The van der Waals surface area contributed by atoms with Crippen molar-refractivity contribution in [2.75, 3.05) is 30.7 Å². The summed E-state index contributed by atoms with van der Waals surface area (Å²) in [5.41, 5.74) is 1.27. The first-order valence-electron chi connectivity index (χ1n) is 10.4. The van der Waals surface area contributed by atoms with Crippen LogP contribution in [0.1, 0.15) is 34.3 Å². The van der Waals surface area contributed by atoms with Crippen molar-refractivity contribution in [1.29, 1.82) is 0 Å². The Bertz CT molecular complexity index is 1000. The lowest BCUT2D eigenvalue weighted by Crippen LogP contribution is -2.54. The smallest absolute Gasteiger partial charge is 0.324 e. The van der Waals surface area contributed by atoms with Gasteiger partial charge in [-0.25, -0.2) is 4.79 Å². The SMILES string of the molecule is Cc1cccc(C(=O)N2CCSC23CCN(C(=O)Nc2ccc(C(F)(F)F)cc2)CC3)c1. The Morgan fingerprint density at radius 3 is 2.34 bits per heavy atom. The second-order valence-electron chi connectivity index (χ2n) is 8.11. The van der Waals surface area contributed by atoms with Crippen molar-refractivity contribution >= 4 is 29.4 Å². The van der Waals surface area contributed by atoms with Gasteiger partial charge in [0.25, 0.3) is 5.91 Å². The molecule has 0 unspecified atom stereocenters. The maximum absolute atomic E-state index is 13.2. The van der Waals surface area contributed by atoms with E-state index in [1.54, 1.807) is 16.7 Å². The molecule has 3 amide bonds. The molecule has 2 aromatic rings. The molecule has 2 aliphatic rings. The molecule has 2 aromatic carbocycles. The Morgan fingerprint density at radius 2 is 1.72 bits per heavy atom. The van der Waals surface area contributed by atoms with Gasteiger partial charge in [-0.15, -0.1) is 11.8 Å². The third kappa shape index (κ3) is 4.57. The highest BCUT2D eigenvalue weighted by molar-refractivity contribution is 8.00. The van der Waals surface area contributed by atoms with E-state index in [4.69, 9.17) is 0 Å². The van der Waals surface area contributed by atoms with Gasteiger partial charge >= 0.3 is 12.2 Å². The molecule has 1 spiro atoms. The van der Waals surface area contributed by atoms with Gasteiger partial charge in [0.15, 0.2) is 0 Å². The van der Waals surface area contributed by atoms with Gasteiger partial charge in [-0.05, 0) is 56.2 Å². The van der Waals surface area contributed by atoms with E-state index < -0.39 is 11.7 Å². The van der Waals surface area contributed by atoms with Crippen molar-refractivity contribution in [3.63, 3.8) is 0 Å². The van der Waals surface area contributed by atoms with Crippen molar-refractivity contribution in [2.24, 2.45) is 0 Å². The lowest BCUT2D eigenvalue weighted by atomic mass is 10.0. The molecule has 0 saturated carbocycles. The average Bonchev–Trinajstić information content (AvgIpc) is 3.16. The number of amides is 3. The number of rotatable bonds is 2. The van der Waals surface area contributed by atoms with Gasteiger partial charge in [-0.2, -0.15) is 13.2 Å². The molecule has 2 fully saturated rings. The number of anilines is 1. The second kappa shape index (κ2) is 8.69. The maximum atomic E-state index is 13.2. The summed E-state index contributed by atoms with van der Waals surface area (Å²) in [6.45, 7) is 3.57. The first-order valence-corrected chi connectivity index (χ1v) is 11.4. The van der Waals surface area contributed by atoms with Crippen LogP contribution < -0.4 is 5.32 Å². The number of hydrogen-bond donors (Lipinski definition) is 1. The highest BCUT2D eigenvalue weighted by atomic mass is 32.2. The fourth-order valence-electron chi connectivity index (χ4n) is 4.25. The summed E-state index contributed by atoms with van der Waals surface area (Å²) >= 11 is 1.76. The van der Waals surface area contributed by atoms with E-state index in [-0.39, 0.29) is 16.8 Å². The number of benzene rings is 2. The minimum atomic E-state index is -4.41. The zero-order valence-electron chi connectivity index (χ0n) is 17.6. The van der Waals surface area contributed by atoms with Crippen LogP contribution >= 0.6 is 11.8 Å². The number of carbonyl (C=O) groups excluding carboxylic acids is 2. The molecule has 2 heterocycles. The van der Waals surface area contributed by atoms with Gasteiger partial charge in [0.2, 0.25) is 0 Å². The van der Waals surface area contributed by atoms with Gasteiger partial charge < -0.3 is 15.1 Å². The highest BCUT2D eigenvalue weighted by Gasteiger charge is 2.47. The summed E-state index contributed by atoms with van der Waals surface area (Å²) in [5.74, 6) is 0.872. The Balaban J connectivity index is 1.38. The van der Waals surface area contributed by atoms with Crippen LogP contribution in [0, 0.1) is 6.92 Å². The number of nitrogens with zero attached hydrogens (tertiary/aromatic N) is 2. The van der Waals surface area contributed by atoms with Crippen LogP contribution in [0.2, 0.25) is 0 Å². The Morgan fingerprint density at radius 1 is 1.03 bits per heavy atom. The minimum absolute atomic E-state index is 0.0151.